The molecule has 0 atom stereocenters. The lowest BCUT2D eigenvalue weighted by Gasteiger charge is -2.37. The van der Waals surface area contributed by atoms with Crippen LogP contribution < -0.4 is 11.1 Å². The SMILES string of the molecule is Cc1c(C)c(NCC(=O)N(C)C2CCN(Cc3ccc(C(=O)O)cc3)CC2)c(C)c(C)c1N. The van der Waals surface area contributed by atoms with E-state index < -0.39 is 5.97 Å². The highest BCUT2D eigenvalue weighted by molar-refractivity contribution is 5.87. The molecule has 2 aromatic rings. The maximum absolute atomic E-state index is 12.9. The number of nitrogens with two attached hydrogens (primary N) is 1. The molecule has 1 amide bonds. The van der Waals surface area contributed by atoms with Crippen molar-refractivity contribution in [2.75, 3.05) is 37.7 Å². The highest BCUT2D eigenvalue weighted by Gasteiger charge is 2.25. The van der Waals surface area contributed by atoms with Gasteiger partial charge in [0, 0.05) is 44.1 Å². The Morgan fingerprint density at radius 2 is 1.58 bits per heavy atom. The first-order valence-electron chi connectivity index (χ1n) is 11.5. The Kier molecular flexibility index (Phi) is 7.64. The number of carbonyl (C=O) groups excluding carboxylic acids is 1. The highest BCUT2D eigenvalue weighted by Crippen LogP contribution is 2.32. The highest BCUT2D eigenvalue weighted by atomic mass is 16.4. The minimum atomic E-state index is -0.906. The van der Waals surface area contributed by atoms with Crippen molar-refractivity contribution in [3.05, 3.63) is 57.6 Å². The van der Waals surface area contributed by atoms with E-state index in [1.807, 2.05) is 51.8 Å². The molecule has 0 unspecified atom stereocenters. The van der Waals surface area contributed by atoms with Gasteiger partial charge >= 0.3 is 5.97 Å². The number of anilines is 2. The van der Waals surface area contributed by atoms with Crippen molar-refractivity contribution in [1.29, 1.82) is 0 Å². The Balaban J connectivity index is 1.52. The number of hydrogen-bond acceptors (Lipinski definition) is 5. The normalized spacial score (nSPS) is 14.8. The number of hydrogen-bond donors (Lipinski definition) is 3. The van der Waals surface area contributed by atoms with E-state index in [4.69, 9.17) is 10.8 Å². The first-order valence-corrected chi connectivity index (χ1v) is 11.5. The van der Waals surface area contributed by atoms with Gasteiger partial charge in [0.2, 0.25) is 5.91 Å². The smallest absolute Gasteiger partial charge is 0.335 e. The van der Waals surface area contributed by atoms with Crippen molar-refractivity contribution < 1.29 is 14.7 Å². The lowest BCUT2D eigenvalue weighted by Crippen LogP contribution is -2.46. The third-order valence-electron chi connectivity index (χ3n) is 7.20. The van der Waals surface area contributed by atoms with Crippen molar-refractivity contribution in [2.24, 2.45) is 0 Å². The summed E-state index contributed by atoms with van der Waals surface area (Å²) >= 11 is 0. The number of carboxylic acid groups (broad SMARTS) is 1. The van der Waals surface area contributed by atoms with Gasteiger partial charge in [0.05, 0.1) is 12.1 Å². The third-order valence-corrected chi connectivity index (χ3v) is 7.20. The van der Waals surface area contributed by atoms with Crippen LogP contribution in [0.25, 0.3) is 0 Å². The molecule has 0 aliphatic carbocycles. The maximum atomic E-state index is 12.9. The van der Waals surface area contributed by atoms with Crippen LogP contribution in [0.4, 0.5) is 11.4 Å². The van der Waals surface area contributed by atoms with Crippen molar-refractivity contribution in [1.82, 2.24) is 9.80 Å². The molecule has 1 heterocycles. The maximum Gasteiger partial charge on any atom is 0.335 e. The van der Waals surface area contributed by atoms with E-state index in [1.165, 1.54) is 0 Å². The lowest BCUT2D eigenvalue weighted by atomic mass is 9.96. The van der Waals surface area contributed by atoms with Gasteiger partial charge in [-0.3, -0.25) is 9.69 Å². The lowest BCUT2D eigenvalue weighted by molar-refractivity contribution is -0.130. The predicted octanol–water partition coefficient (Wildman–Crippen LogP) is 3.74. The van der Waals surface area contributed by atoms with Crippen molar-refractivity contribution in [3.8, 4) is 0 Å². The Morgan fingerprint density at radius 3 is 2.09 bits per heavy atom. The fraction of sp³-hybridized carbons (Fsp3) is 0.462. The molecule has 4 N–H and O–H groups in total. The molecule has 178 valence electrons. The van der Waals surface area contributed by atoms with E-state index in [0.29, 0.717) is 5.56 Å². The van der Waals surface area contributed by atoms with E-state index in [0.717, 1.165) is 71.7 Å². The summed E-state index contributed by atoms with van der Waals surface area (Å²) in [5.74, 6) is -0.819. The molecular weight excluding hydrogens is 416 g/mol. The number of carboxylic acids is 1. The largest absolute Gasteiger partial charge is 0.478 e. The molecule has 1 aliphatic heterocycles. The molecule has 1 fully saturated rings. The predicted molar refractivity (Wildman–Crippen MR) is 133 cm³/mol. The number of piperidine rings is 1. The molecular formula is C26H36N4O3. The van der Waals surface area contributed by atoms with Gasteiger partial charge in [0.15, 0.2) is 0 Å². The topological polar surface area (TPSA) is 98.9 Å². The van der Waals surface area contributed by atoms with Crippen LogP contribution in [0.15, 0.2) is 24.3 Å². The van der Waals surface area contributed by atoms with Crippen molar-refractivity contribution in [2.45, 2.75) is 53.1 Å². The fourth-order valence-corrected chi connectivity index (χ4v) is 4.57. The van der Waals surface area contributed by atoms with E-state index in [9.17, 15) is 9.59 Å². The molecule has 0 bridgehead atoms. The Hall–Kier alpha value is -3.06. The molecule has 0 aromatic heterocycles. The van der Waals surface area contributed by atoms with E-state index in [-0.39, 0.29) is 18.5 Å². The summed E-state index contributed by atoms with van der Waals surface area (Å²) in [6.07, 6.45) is 1.85. The van der Waals surface area contributed by atoms with Gasteiger partial charge in [-0.25, -0.2) is 4.79 Å². The number of likely N-dealkylation sites (N-methyl/N-ethyl adjacent to an activating group) is 1. The molecule has 0 saturated carbocycles. The molecule has 1 aliphatic rings. The molecule has 7 heteroatoms. The number of rotatable bonds is 7. The third kappa shape index (κ3) is 5.47. The number of benzene rings is 2. The quantitative estimate of drug-likeness (QED) is 0.554. The fourth-order valence-electron chi connectivity index (χ4n) is 4.57. The number of aromatic carboxylic acids is 1. The summed E-state index contributed by atoms with van der Waals surface area (Å²) in [4.78, 5) is 28.2. The second-order valence-corrected chi connectivity index (χ2v) is 9.16. The van der Waals surface area contributed by atoms with Gasteiger partial charge in [0.25, 0.3) is 0 Å². The minimum Gasteiger partial charge on any atom is -0.478 e. The number of nitrogens with zero attached hydrogens (tertiary/aromatic N) is 2. The zero-order valence-corrected chi connectivity index (χ0v) is 20.4. The van der Waals surface area contributed by atoms with Gasteiger partial charge in [-0.2, -0.15) is 0 Å². The molecule has 2 aromatic carbocycles. The molecule has 0 spiro atoms. The van der Waals surface area contributed by atoms with Gasteiger partial charge < -0.3 is 21.1 Å². The zero-order chi connectivity index (χ0) is 24.3. The van der Waals surface area contributed by atoms with Gasteiger partial charge in [0.1, 0.15) is 0 Å². The second-order valence-electron chi connectivity index (χ2n) is 9.16. The van der Waals surface area contributed by atoms with E-state index in [2.05, 4.69) is 10.2 Å². The van der Waals surface area contributed by atoms with Gasteiger partial charge in [-0.1, -0.05) is 12.1 Å². The Bertz CT molecular complexity index is 996. The van der Waals surface area contributed by atoms with E-state index in [1.54, 1.807) is 12.1 Å². The Labute approximate surface area is 196 Å². The first-order chi connectivity index (χ1) is 15.6. The van der Waals surface area contributed by atoms with E-state index >= 15 is 0 Å². The zero-order valence-electron chi connectivity index (χ0n) is 20.4. The van der Waals surface area contributed by atoms with Gasteiger partial charge in [-0.15, -0.1) is 0 Å². The van der Waals surface area contributed by atoms with Crippen LogP contribution in [-0.4, -0.2) is 59.5 Å². The van der Waals surface area contributed by atoms with Gasteiger partial charge in [-0.05, 0) is 80.5 Å². The van der Waals surface area contributed by atoms with Crippen LogP contribution in [0.2, 0.25) is 0 Å². The standard InChI is InChI=1S/C26H36N4O3/c1-16-18(3)25(19(4)17(2)24(16)27)28-14-23(31)29(5)22-10-12-30(13-11-22)15-20-6-8-21(9-7-20)26(32)33/h6-9,22,28H,10-15,27H2,1-5H3,(H,32,33). The summed E-state index contributed by atoms with van der Waals surface area (Å²) in [6.45, 7) is 11.0. The number of amides is 1. The van der Waals surface area contributed by atoms with Crippen LogP contribution >= 0.6 is 0 Å². The van der Waals surface area contributed by atoms with Crippen LogP contribution in [0.5, 0.6) is 0 Å². The van der Waals surface area contributed by atoms with Crippen molar-refractivity contribution in [3.63, 3.8) is 0 Å². The summed E-state index contributed by atoms with van der Waals surface area (Å²) in [5.41, 5.74) is 13.7. The molecule has 0 radical (unpaired) electrons. The summed E-state index contributed by atoms with van der Waals surface area (Å²) in [7, 11) is 1.90. The van der Waals surface area contributed by atoms with Crippen LogP contribution in [-0.2, 0) is 11.3 Å². The summed E-state index contributed by atoms with van der Waals surface area (Å²) < 4.78 is 0. The molecule has 1 saturated heterocycles. The Morgan fingerprint density at radius 1 is 1.03 bits per heavy atom. The molecule has 7 nitrogen and oxygen atoms in total. The number of nitrogens with one attached hydrogen (secondary N) is 1. The summed E-state index contributed by atoms with van der Waals surface area (Å²) in [6, 6.07) is 7.28. The molecule has 3 rings (SSSR count). The number of nitrogen functional groups attached to an aromatic ring is 1. The monoisotopic (exact) mass is 452 g/mol. The molecule has 33 heavy (non-hydrogen) atoms. The summed E-state index contributed by atoms with van der Waals surface area (Å²) in [5, 5.41) is 12.4. The van der Waals surface area contributed by atoms with Crippen molar-refractivity contribution >= 4 is 23.3 Å². The van der Waals surface area contributed by atoms with Crippen LogP contribution in [0.1, 0.15) is 51.0 Å². The number of likely N-dealkylation sites (tertiary alicyclic amines) is 1. The first kappa shape index (κ1) is 24.6. The van der Waals surface area contributed by atoms with Crippen LogP contribution in [0, 0.1) is 27.7 Å². The second kappa shape index (κ2) is 10.3. The van der Waals surface area contributed by atoms with Crippen LogP contribution in [0.3, 0.4) is 0 Å². The average molecular weight is 453 g/mol. The minimum absolute atomic E-state index is 0.0867. The average Bonchev–Trinajstić information content (AvgIpc) is 2.81. The number of carbonyl (C=O) groups is 2.